The molecule has 6 heteroatoms. The normalized spacial score (nSPS) is 20.1. The lowest BCUT2D eigenvalue weighted by molar-refractivity contribution is 0.231. The first kappa shape index (κ1) is 15.6. The first-order valence-corrected chi connectivity index (χ1v) is 7.92. The van der Waals surface area contributed by atoms with Gasteiger partial charge in [0.15, 0.2) is 0 Å². The van der Waals surface area contributed by atoms with Gasteiger partial charge < -0.3 is 20.1 Å². The molecule has 0 radical (unpaired) electrons. The van der Waals surface area contributed by atoms with Gasteiger partial charge in [-0.25, -0.2) is 9.78 Å². The number of nitrogens with one attached hydrogen (secondary N) is 2. The van der Waals surface area contributed by atoms with Gasteiger partial charge in [0.05, 0.1) is 5.69 Å². The molecule has 0 spiro atoms. The molecule has 0 fully saturated rings. The maximum atomic E-state index is 11.9. The van der Waals surface area contributed by atoms with Gasteiger partial charge in [-0.3, -0.25) is 0 Å². The minimum atomic E-state index is -0.182. The molecular weight excluding hydrogens is 292 g/mol. The molecule has 1 aliphatic carbocycles. The van der Waals surface area contributed by atoms with Crippen molar-refractivity contribution in [2.75, 3.05) is 13.2 Å². The number of aliphatic hydroxyl groups is 1. The zero-order chi connectivity index (χ0) is 16.2. The summed E-state index contributed by atoms with van der Waals surface area (Å²) < 4.78 is 2.00. The Balaban J connectivity index is 1.46. The van der Waals surface area contributed by atoms with Crippen LogP contribution in [0.3, 0.4) is 0 Å². The quantitative estimate of drug-likeness (QED) is 0.730. The van der Waals surface area contributed by atoms with Crippen molar-refractivity contribution in [1.82, 2.24) is 20.0 Å². The molecule has 122 valence electrons. The Hall–Kier alpha value is -2.34. The zero-order valence-corrected chi connectivity index (χ0v) is 13.2. The van der Waals surface area contributed by atoms with E-state index in [0.29, 0.717) is 13.0 Å². The first-order valence-electron chi connectivity index (χ1n) is 7.92. The summed E-state index contributed by atoms with van der Waals surface area (Å²) >= 11 is 0. The highest BCUT2D eigenvalue weighted by Gasteiger charge is 2.19. The third-order valence-corrected chi connectivity index (χ3v) is 4.12. The molecular formula is C17H22N4O2. The number of aryl methyl sites for hydroxylation is 1. The maximum Gasteiger partial charge on any atom is 0.315 e. The van der Waals surface area contributed by atoms with E-state index in [2.05, 4.69) is 15.6 Å². The topological polar surface area (TPSA) is 78.7 Å². The molecule has 0 saturated heterocycles. The number of nitrogens with zero attached hydrogens (tertiary/aromatic N) is 2. The Morgan fingerprint density at radius 1 is 1.48 bits per heavy atom. The van der Waals surface area contributed by atoms with Crippen LogP contribution in [0.1, 0.15) is 17.7 Å². The predicted molar refractivity (Wildman–Crippen MR) is 88.3 cm³/mol. The summed E-state index contributed by atoms with van der Waals surface area (Å²) in [6.45, 7) is 2.70. The Morgan fingerprint density at radius 2 is 2.35 bits per heavy atom. The SMILES string of the molecule is Cc1cccn2cc(CCNC(=O)N[C@@H]3C=C[C@H](CO)C3)nc12. The molecule has 0 bridgehead atoms. The molecule has 2 atom stereocenters. The highest BCUT2D eigenvalue weighted by Crippen LogP contribution is 2.16. The molecule has 3 N–H and O–H groups in total. The van der Waals surface area contributed by atoms with Crippen LogP contribution in [0.2, 0.25) is 0 Å². The first-order chi connectivity index (χ1) is 11.2. The lowest BCUT2D eigenvalue weighted by atomic mass is 10.1. The summed E-state index contributed by atoms with van der Waals surface area (Å²) in [7, 11) is 0. The van der Waals surface area contributed by atoms with E-state index < -0.39 is 0 Å². The van der Waals surface area contributed by atoms with Gasteiger partial charge in [-0.15, -0.1) is 0 Å². The molecule has 0 saturated carbocycles. The van der Waals surface area contributed by atoms with Crippen LogP contribution in [0.25, 0.3) is 5.65 Å². The van der Waals surface area contributed by atoms with Gasteiger partial charge in [0.25, 0.3) is 0 Å². The van der Waals surface area contributed by atoms with Gasteiger partial charge in [-0.05, 0) is 25.0 Å². The smallest absolute Gasteiger partial charge is 0.315 e. The molecule has 23 heavy (non-hydrogen) atoms. The second-order valence-electron chi connectivity index (χ2n) is 5.97. The number of rotatable bonds is 5. The van der Waals surface area contributed by atoms with Gasteiger partial charge in [-0.1, -0.05) is 18.2 Å². The van der Waals surface area contributed by atoms with Crippen LogP contribution >= 0.6 is 0 Å². The summed E-state index contributed by atoms with van der Waals surface area (Å²) in [5.41, 5.74) is 3.05. The second kappa shape index (κ2) is 6.83. The number of pyridine rings is 1. The van der Waals surface area contributed by atoms with Gasteiger partial charge in [0, 0.05) is 43.9 Å². The van der Waals surface area contributed by atoms with Crippen molar-refractivity contribution in [1.29, 1.82) is 0 Å². The minimum Gasteiger partial charge on any atom is -0.396 e. The molecule has 2 heterocycles. The van der Waals surface area contributed by atoms with E-state index in [1.165, 1.54) is 0 Å². The van der Waals surface area contributed by atoms with Crippen LogP contribution in [-0.2, 0) is 6.42 Å². The number of aromatic nitrogens is 2. The molecule has 2 amide bonds. The lowest BCUT2D eigenvalue weighted by Crippen LogP contribution is -2.41. The van der Waals surface area contributed by atoms with Crippen molar-refractivity contribution in [2.24, 2.45) is 5.92 Å². The number of carbonyl (C=O) groups is 1. The largest absolute Gasteiger partial charge is 0.396 e. The summed E-state index contributed by atoms with van der Waals surface area (Å²) in [4.78, 5) is 16.5. The highest BCUT2D eigenvalue weighted by molar-refractivity contribution is 5.74. The van der Waals surface area contributed by atoms with Gasteiger partial charge in [0.1, 0.15) is 5.65 Å². The van der Waals surface area contributed by atoms with E-state index in [-0.39, 0.29) is 24.6 Å². The van der Waals surface area contributed by atoms with E-state index in [0.717, 1.165) is 23.3 Å². The van der Waals surface area contributed by atoms with Crippen molar-refractivity contribution in [2.45, 2.75) is 25.8 Å². The average molecular weight is 314 g/mol. The van der Waals surface area contributed by atoms with E-state index in [4.69, 9.17) is 5.11 Å². The fraction of sp³-hybridized carbons (Fsp3) is 0.412. The number of imidazole rings is 1. The third kappa shape index (κ3) is 3.71. The predicted octanol–water partition coefficient (Wildman–Crippen LogP) is 1.42. The average Bonchev–Trinajstić information content (AvgIpc) is 3.14. The summed E-state index contributed by atoms with van der Waals surface area (Å²) in [6, 6.07) is 3.85. The maximum absolute atomic E-state index is 11.9. The molecule has 0 unspecified atom stereocenters. The van der Waals surface area contributed by atoms with Crippen molar-refractivity contribution in [3.63, 3.8) is 0 Å². The summed E-state index contributed by atoms with van der Waals surface area (Å²) in [5.74, 6) is 0.154. The minimum absolute atomic E-state index is 0.00462. The van der Waals surface area contributed by atoms with E-state index >= 15 is 0 Å². The van der Waals surface area contributed by atoms with Crippen molar-refractivity contribution in [3.05, 3.63) is 47.9 Å². The van der Waals surface area contributed by atoms with Gasteiger partial charge >= 0.3 is 6.03 Å². The van der Waals surface area contributed by atoms with Crippen LogP contribution in [0.15, 0.2) is 36.7 Å². The van der Waals surface area contributed by atoms with Gasteiger partial charge in [-0.2, -0.15) is 0 Å². The van der Waals surface area contributed by atoms with Crippen LogP contribution < -0.4 is 10.6 Å². The number of amides is 2. The zero-order valence-electron chi connectivity index (χ0n) is 13.2. The van der Waals surface area contributed by atoms with E-state index in [1.807, 2.05) is 48.0 Å². The van der Waals surface area contributed by atoms with Crippen molar-refractivity contribution in [3.8, 4) is 0 Å². The van der Waals surface area contributed by atoms with Crippen LogP contribution in [0.4, 0.5) is 4.79 Å². The molecule has 2 aromatic rings. The Labute approximate surface area is 135 Å². The molecule has 1 aliphatic rings. The summed E-state index contributed by atoms with van der Waals surface area (Å²) in [5, 5.41) is 14.8. The molecule has 3 rings (SSSR count). The number of aliphatic hydroxyl groups excluding tert-OH is 1. The number of hydrogen-bond acceptors (Lipinski definition) is 3. The molecule has 0 aromatic carbocycles. The number of hydrogen-bond donors (Lipinski definition) is 3. The monoisotopic (exact) mass is 314 g/mol. The van der Waals surface area contributed by atoms with E-state index in [1.54, 1.807) is 0 Å². The standard InChI is InChI=1S/C17H22N4O2/c1-12-3-2-8-21-10-15(19-16(12)21)6-7-18-17(23)20-14-5-4-13(9-14)11-22/h2-5,8,10,13-14,22H,6-7,9,11H2,1H3,(H2,18,20,23)/t13-,14+/m0/s1. The Morgan fingerprint density at radius 3 is 3.09 bits per heavy atom. The fourth-order valence-electron chi connectivity index (χ4n) is 2.87. The Bertz CT molecular complexity index is 722. The third-order valence-electron chi connectivity index (χ3n) is 4.12. The highest BCUT2D eigenvalue weighted by atomic mass is 16.3. The van der Waals surface area contributed by atoms with Crippen LogP contribution in [-0.4, -0.2) is 39.7 Å². The van der Waals surface area contributed by atoms with Crippen molar-refractivity contribution >= 4 is 11.7 Å². The molecule has 2 aromatic heterocycles. The van der Waals surface area contributed by atoms with Crippen molar-refractivity contribution < 1.29 is 9.90 Å². The van der Waals surface area contributed by atoms with Crippen LogP contribution in [0.5, 0.6) is 0 Å². The van der Waals surface area contributed by atoms with E-state index in [9.17, 15) is 4.79 Å². The van der Waals surface area contributed by atoms with Gasteiger partial charge in [0.2, 0.25) is 0 Å². The van der Waals surface area contributed by atoms with Crippen LogP contribution in [0, 0.1) is 12.8 Å². The Kier molecular flexibility index (Phi) is 4.62. The molecule has 0 aliphatic heterocycles. The lowest BCUT2D eigenvalue weighted by Gasteiger charge is -2.13. The molecule has 6 nitrogen and oxygen atoms in total. The number of urea groups is 1. The fourth-order valence-corrected chi connectivity index (χ4v) is 2.87. The summed E-state index contributed by atoms with van der Waals surface area (Å²) in [6.07, 6.45) is 9.30. The number of carbonyl (C=O) groups excluding carboxylic acids is 1. The second-order valence-corrected chi connectivity index (χ2v) is 5.97. The number of fused-ring (bicyclic) bond motifs is 1.